The molecule has 0 bridgehead atoms. The van der Waals surface area contributed by atoms with Gasteiger partial charge in [0, 0.05) is 55.9 Å². The van der Waals surface area contributed by atoms with Crippen molar-refractivity contribution in [3.63, 3.8) is 0 Å². The molecular weight excluding hydrogens is 859 g/mol. The van der Waals surface area contributed by atoms with Crippen LogP contribution in [0.3, 0.4) is 0 Å². The van der Waals surface area contributed by atoms with Gasteiger partial charge in [0.25, 0.3) is 0 Å². The molecule has 5 rings (SSSR count). The molecule has 5 aromatic rings. The molecule has 2 atom stereocenters. The van der Waals surface area contributed by atoms with E-state index < -0.39 is 24.1 Å². The van der Waals surface area contributed by atoms with E-state index in [2.05, 4.69) is 57.7 Å². The Labute approximate surface area is 401 Å². The van der Waals surface area contributed by atoms with Crippen LogP contribution in [-0.4, -0.2) is 56.8 Å². The number of rotatable bonds is 28. The monoisotopic (exact) mass is 932 g/mol. The largest absolute Gasteiger partial charge is 0.445 e. The van der Waals surface area contributed by atoms with Crippen molar-refractivity contribution >= 4 is 63.2 Å². The van der Waals surface area contributed by atoms with Crippen molar-refractivity contribution in [2.45, 2.75) is 144 Å². The molecule has 0 saturated heterocycles. The zero-order valence-electron chi connectivity index (χ0n) is 40.7. The average Bonchev–Trinajstić information content (AvgIpc) is 3.68. The Morgan fingerprint density at radius 1 is 0.765 bits per heavy atom. The van der Waals surface area contributed by atoms with Crippen LogP contribution in [0.4, 0.5) is 21.1 Å². The molecule has 0 aliphatic rings. The first-order valence-corrected chi connectivity index (χ1v) is 24.5. The van der Waals surface area contributed by atoms with Gasteiger partial charge in [-0.05, 0) is 72.4 Å². The third-order valence-corrected chi connectivity index (χ3v) is 12.2. The van der Waals surface area contributed by atoms with Crippen LogP contribution in [0.2, 0.25) is 0 Å². The number of nitrogens with zero attached hydrogens (tertiary/aromatic N) is 3. The van der Waals surface area contributed by atoms with Gasteiger partial charge in [-0.2, -0.15) is 0 Å². The maximum atomic E-state index is 13.7. The van der Waals surface area contributed by atoms with Gasteiger partial charge in [-0.15, -0.1) is 0 Å². The third-order valence-electron chi connectivity index (χ3n) is 12.2. The summed E-state index contributed by atoms with van der Waals surface area (Å²) in [6, 6.07) is 21.6. The van der Waals surface area contributed by atoms with E-state index in [4.69, 9.17) is 21.2 Å². The first-order chi connectivity index (χ1) is 32.7. The number of unbranched alkanes of at least 4 members (excludes halogenated alkanes) is 5. The van der Waals surface area contributed by atoms with Crippen molar-refractivity contribution < 1.29 is 28.7 Å². The lowest BCUT2D eigenvalue weighted by Crippen LogP contribution is -2.45. The Bertz CT molecular complexity index is 2430. The predicted molar refractivity (Wildman–Crippen MR) is 270 cm³/mol. The van der Waals surface area contributed by atoms with Crippen LogP contribution in [0.15, 0.2) is 72.8 Å². The number of aromatic nitrogens is 3. The summed E-state index contributed by atoms with van der Waals surface area (Å²) in [5.41, 5.74) is 17.4. The molecule has 5 amide bonds. The molecule has 0 fully saturated rings. The minimum absolute atomic E-state index is 0.0114. The van der Waals surface area contributed by atoms with E-state index in [-0.39, 0.29) is 49.6 Å². The molecule has 366 valence electrons. The van der Waals surface area contributed by atoms with Crippen LogP contribution in [0.1, 0.15) is 134 Å². The number of Topliss-reactive ketones (excluding diaryl/α,β-unsaturated/α-hetero) is 1. The molecule has 0 saturated carbocycles. The second kappa shape index (κ2) is 26.7. The zero-order chi connectivity index (χ0) is 49.0. The normalized spacial score (nSPS) is 12.3. The van der Waals surface area contributed by atoms with E-state index in [0.717, 1.165) is 83.8 Å². The number of ether oxygens (including phenoxy) is 1. The van der Waals surface area contributed by atoms with Crippen LogP contribution in [0.25, 0.3) is 21.9 Å². The molecule has 2 aromatic heterocycles. The fourth-order valence-corrected chi connectivity index (χ4v) is 8.34. The first-order valence-electron chi connectivity index (χ1n) is 24.5. The Balaban J connectivity index is 1.10. The maximum absolute atomic E-state index is 13.7. The number of amides is 5. The van der Waals surface area contributed by atoms with Gasteiger partial charge in [0.2, 0.25) is 11.8 Å². The zero-order valence-corrected chi connectivity index (χ0v) is 40.7. The minimum Gasteiger partial charge on any atom is -0.445 e. The lowest BCUT2D eigenvalue weighted by Gasteiger charge is -2.24. The van der Waals surface area contributed by atoms with Gasteiger partial charge in [0.1, 0.15) is 17.9 Å². The maximum Gasteiger partial charge on any atom is 0.407 e. The summed E-state index contributed by atoms with van der Waals surface area (Å²) in [5.74, 6) is 0.465. The summed E-state index contributed by atoms with van der Waals surface area (Å²) in [6.45, 7) is 11.5. The van der Waals surface area contributed by atoms with E-state index in [1.165, 1.54) is 12.8 Å². The van der Waals surface area contributed by atoms with Crippen LogP contribution >= 0.6 is 0 Å². The fourth-order valence-electron chi connectivity index (χ4n) is 8.34. The van der Waals surface area contributed by atoms with Crippen molar-refractivity contribution in [1.82, 2.24) is 30.5 Å². The van der Waals surface area contributed by atoms with E-state index in [1.807, 2.05) is 56.3 Å². The molecule has 15 heteroatoms. The molecular formula is C53H73N9O6. The summed E-state index contributed by atoms with van der Waals surface area (Å²) in [6.07, 6.45) is 9.69. The summed E-state index contributed by atoms with van der Waals surface area (Å²) in [7, 11) is 0. The van der Waals surface area contributed by atoms with E-state index >= 15 is 0 Å². The SMILES string of the molecule is CCCCc1nc2c(N)nc3ccccc3c2n1Cc1ccc(CNC(=O)OCc2ccc(NC(=O)[C@H](CCCNC(N)=O)CC(=O)[C@@H](NC(=O)CCCCCCCC(C)C)C(C)C)cc2)cc1. The summed E-state index contributed by atoms with van der Waals surface area (Å²) in [4.78, 5) is 73.8. The molecule has 8 N–H and O–H groups in total. The van der Waals surface area contributed by atoms with E-state index in [1.54, 1.807) is 24.3 Å². The second-order valence-electron chi connectivity index (χ2n) is 18.7. The van der Waals surface area contributed by atoms with Crippen molar-refractivity contribution in [3.8, 4) is 0 Å². The summed E-state index contributed by atoms with van der Waals surface area (Å²) >= 11 is 0. The summed E-state index contributed by atoms with van der Waals surface area (Å²) in [5, 5.41) is 12.2. The number of imidazole rings is 1. The number of primary amides is 1. The summed E-state index contributed by atoms with van der Waals surface area (Å²) < 4.78 is 7.74. The Hall–Kier alpha value is -6.51. The molecule has 0 unspecified atom stereocenters. The van der Waals surface area contributed by atoms with Gasteiger partial charge in [-0.1, -0.05) is 128 Å². The van der Waals surface area contributed by atoms with Crippen molar-refractivity contribution in [3.05, 3.63) is 95.3 Å². The number of hydrogen-bond acceptors (Lipinski definition) is 9. The highest BCUT2D eigenvalue weighted by Crippen LogP contribution is 2.30. The number of nitrogen functional groups attached to an aromatic ring is 1. The van der Waals surface area contributed by atoms with Crippen LogP contribution in [0, 0.1) is 17.8 Å². The number of alkyl carbamates (subject to hydrolysis) is 1. The highest BCUT2D eigenvalue weighted by atomic mass is 16.5. The number of fused-ring (bicyclic) bond motifs is 3. The Morgan fingerprint density at radius 2 is 1.46 bits per heavy atom. The number of para-hydroxylation sites is 1. The number of urea groups is 1. The number of carbonyl (C=O) groups is 5. The third kappa shape index (κ3) is 16.4. The number of benzene rings is 3. The lowest BCUT2D eigenvalue weighted by molar-refractivity contribution is -0.131. The number of pyridine rings is 1. The molecule has 0 aliphatic carbocycles. The topological polar surface area (TPSA) is 225 Å². The number of ketones is 1. The molecule has 68 heavy (non-hydrogen) atoms. The van der Waals surface area contributed by atoms with Crippen LogP contribution in [-0.2, 0) is 45.2 Å². The lowest BCUT2D eigenvalue weighted by atomic mass is 9.89. The average molecular weight is 932 g/mol. The molecule has 3 aromatic carbocycles. The van der Waals surface area contributed by atoms with Gasteiger partial charge in [-0.25, -0.2) is 19.6 Å². The van der Waals surface area contributed by atoms with Crippen molar-refractivity contribution in [1.29, 1.82) is 0 Å². The number of hydrogen-bond donors (Lipinski definition) is 6. The first kappa shape index (κ1) is 52.5. The van der Waals surface area contributed by atoms with Gasteiger partial charge in [0.15, 0.2) is 11.6 Å². The number of aryl methyl sites for hydroxylation is 1. The molecule has 15 nitrogen and oxygen atoms in total. The fraction of sp³-hybridized carbons (Fsp3) is 0.491. The number of nitrogens with one attached hydrogen (secondary N) is 4. The molecule has 0 spiro atoms. The number of nitrogens with two attached hydrogens (primary N) is 2. The quantitative estimate of drug-likeness (QED) is 0.0262. The minimum atomic E-state index is -0.728. The van der Waals surface area contributed by atoms with E-state index in [9.17, 15) is 24.0 Å². The van der Waals surface area contributed by atoms with Crippen LogP contribution < -0.4 is 32.7 Å². The molecule has 0 radical (unpaired) electrons. The van der Waals surface area contributed by atoms with Gasteiger partial charge < -0.3 is 42.0 Å². The molecule has 0 aliphatic heterocycles. The van der Waals surface area contributed by atoms with E-state index in [0.29, 0.717) is 48.8 Å². The number of anilines is 2. The van der Waals surface area contributed by atoms with Crippen molar-refractivity contribution in [2.75, 3.05) is 17.6 Å². The number of carbonyl (C=O) groups excluding carboxylic acids is 5. The van der Waals surface area contributed by atoms with Gasteiger partial charge in [0.05, 0.1) is 17.1 Å². The predicted octanol–water partition coefficient (Wildman–Crippen LogP) is 9.47. The van der Waals surface area contributed by atoms with Crippen molar-refractivity contribution in [2.24, 2.45) is 23.5 Å². The molecule has 2 heterocycles. The Kier molecular flexibility index (Phi) is 20.6. The van der Waals surface area contributed by atoms with Gasteiger partial charge >= 0.3 is 12.1 Å². The second-order valence-corrected chi connectivity index (χ2v) is 18.7. The highest BCUT2D eigenvalue weighted by molar-refractivity contribution is 6.06. The Morgan fingerprint density at radius 3 is 2.16 bits per heavy atom. The van der Waals surface area contributed by atoms with Crippen LogP contribution in [0.5, 0.6) is 0 Å². The highest BCUT2D eigenvalue weighted by Gasteiger charge is 2.29. The smallest absolute Gasteiger partial charge is 0.407 e. The van der Waals surface area contributed by atoms with Gasteiger partial charge in [-0.3, -0.25) is 14.4 Å². The standard InChI is InChI=1S/C53H73N9O6/c1-6-7-20-45-60-48-49(42-18-13-14-19-43(42)59-50(48)54)62(45)33-38-24-22-37(23-25-38)32-57-53(67)68-34-39-26-28-41(29-27-39)58-51(65)40(17-15-30-56-52(55)66)31-44(63)47(36(4)5)61-46(64)21-12-10-8-9-11-16-35(2)3/h13-14,18-19,22-29,35-36,40,47H,6-12,15-17,20-21,30-34H2,1-5H3,(H2,54,59)(H,57,67)(H,58,65)(H,61,64)(H3,55,56,66)/t40-,47+/m1/s1.